The van der Waals surface area contributed by atoms with Crippen LogP contribution in [0.25, 0.3) is 0 Å². The predicted octanol–water partition coefficient (Wildman–Crippen LogP) is 3.33. The largest absolute Gasteiger partial charge is 0.480 e. The summed E-state index contributed by atoms with van der Waals surface area (Å²) in [6.45, 7) is 3.74. The van der Waals surface area contributed by atoms with Crippen molar-refractivity contribution in [3.05, 3.63) is 66.0 Å². The Morgan fingerprint density at radius 2 is 1.80 bits per heavy atom. The first-order chi connectivity index (χ1) is 12.0. The molecule has 0 aliphatic heterocycles. The SMILES string of the molecule is CC(C)C(C(=O)O)N(Cc1cccnc1)C(=O)OCc1ccccc1. The van der Waals surface area contributed by atoms with Crippen molar-refractivity contribution in [1.82, 2.24) is 9.88 Å². The number of pyridine rings is 1. The molecule has 1 amide bonds. The standard InChI is InChI=1S/C19H22N2O4/c1-14(2)17(18(22)23)21(12-16-9-6-10-20-11-16)19(24)25-13-15-7-4-3-5-8-15/h3-11,14,17H,12-13H2,1-2H3,(H,22,23). The lowest BCUT2D eigenvalue weighted by Crippen LogP contribution is -2.47. The summed E-state index contributed by atoms with van der Waals surface area (Å²) >= 11 is 0. The van der Waals surface area contributed by atoms with E-state index in [4.69, 9.17) is 4.74 Å². The van der Waals surface area contributed by atoms with E-state index in [1.165, 1.54) is 4.90 Å². The quantitative estimate of drug-likeness (QED) is 0.835. The molecule has 0 saturated heterocycles. The summed E-state index contributed by atoms with van der Waals surface area (Å²) in [7, 11) is 0. The van der Waals surface area contributed by atoms with E-state index in [9.17, 15) is 14.7 Å². The van der Waals surface area contributed by atoms with Gasteiger partial charge in [0.2, 0.25) is 0 Å². The molecule has 0 saturated carbocycles. The van der Waals surface area contributed by atoms with E-state index in [2.05, 4.69) is 4.98 Å². The minimum atomic E-state index is -1.06. The average molecular weight is 342 g/mol. The van der Waals surface area contributed by atoms with Crippen molar-refractivity contribution in [3.8, 4) is 0 Å². The maximum Gasteiger partial charge on any atom is 0.411 e. The Hall–Kier alpha value is -2.89. The Morgan fingerprint density at radius 3 is 2.36 bits per heavy atom. The fraction of sp³-hybridized carbons (Fsp3) is 0.316. The monoisotopic (exact) mass is 342 g/mol. The molecule has 132 valence electrons. The number of amides is 1. The van der Waals surface area contributed by atoms with Gasteiger partial charge in [0.05, 0.1) is 6.54 Å². The summed E-state index contributed by atoms with van der Waals surface area (Å²) in [6.07, 6.45) is 2.57. The van der Waals surface area contributed by atoms with Gasteiger partial charge in [-0.15, -0.1) is 0 Å². The van der Waals surface area contributed by atoms with Crippen molar-refractivity contribution >= 4 is 12.1 Å². The average Bonchev–Trinajstić information content (AvgIpc) is 2.60. The van der Waals surface area contributed by atoms with E-state index in [-0.39, 0.29) is 19.1 Å². The Morgan fingerprint density at radius 1 is 1.12 bits per heavy atom. The number of aromatic nitrogens is 1. The smallest absolute Gasteiger partial charge is 0.411 e. The van der Waals surface area contributed by atoms with E-state index in [1.807, 2.05) is 30.3 Å². The summed E-state index contributed by atoms with van der Waals surface area (Å²) in [4.78, 5) is 29.5. The number of hydrogen-bond donors (Lipinski definition) is 1. The van der Waals surface area contributed by atoms with Gasteiger partial charge >= 0.3 is 12.1 Å². The maximum absolute atomic E-state index is 12.6. The number of aliphatic carboxylic acids is 1. The van der Waals surface area contributed by atoms with E-state index in [0.29, 0.717) is 0 Å². The Kier molecular flexibility index (Phi) is 6.51. The van der Waals surface area contributed by atoms with Gasteiger partial charge in [-0.05, 0) is 23.1 Å². The van der Waals surface area contributed by atoms with Gasteiger partial charge in [0.25, 0.3) is 0 Å². The van der Waals surface area contributed by atoms with Crippen molar-refractivity contribution in [2.45, 2.75) is 33.0 Å². The molecule has 0 fully saturated rings. The molecule has 0 radical (unpaired) electrons. The minimum Gasteiger partial charge on any atom is -0.480 e. The lowest BCUT2D eigenvalue weighted by atomic mass is 10.0. The molecule has 6 heteroatoms. The summed E-state index contributed by atoms with van der Waals surface area (Å²) < 4.78 is 5.35. The van der Waals surface area contributed by atoms with E-state index in [1.54, 1.807) is 38.4 Å². The zero-order chi connectivity index (χ0) is 18.2. The second kappa shape index (κ2) is 8.82. The van der Waals surface area contributed by atoms with Crippen molar-refractivity contribution < 1.29 is 19.4 Å². The molecule has 25 heavy (non-hydrogen) atoms. The van der Waals surface area contributed by atoms with Gasteiger partial charge in [-0.3, -0.25) is 9.88 Å². The predicted molar refractivity (Wildman–Crippen MR) is 92.7 cm³/mol. The third kappa shape index (κ3) is 5.31. The highest BCUT2D eigenvalue weighted by atomic mass is 16.6. The molecule has 6 nitrogen and oxygen atoms in total. The lowest BCUT2D eigenvalue weighted by Gasteiger charge is -2.30. The van der Waals surface area contributed by atoms with Crippen LogP contribution < -0.4 is 0 Å². The van der Waals surface area contributed by atoms with Crippen molar-refractivity contribution in [3.63, 3.8) is 0 Å². The molecule has 1 aromatic heterocycles. The first kappa shape index (κ1) is 18.4. The van der Waals surface area contributed by atoms with Crippen LogP contribution in [0.5, 0.6) is 0 Å². The number of nitrogens with zero attached hydrogens (tertiary/aromatic N) is 2. The third-order valence-corrected chi connectivity index (χ3v) is 3.74. The van der Waals surface area contributed by atoms with Gasteiger partial charge < -0.3 is 9.84 Å². The highest BCUT2D eigenvalue weighted by Crippen LogP contribution is 2.17. The van der Waals surface area contributed by atoms with Gasteiger partial charge in [-0.1, -0.05) is 50.2 Å². The summed E-state index contributed by atoms with van der Waals surface area (Å²) in [5.41, 5.74) is 1.58. The van der Waals surface area contributed by atoms with Gasteiger partial charge in [0.1, 0.15) is 12.6 Å². The number of carboxylic acid groups (broad SMARTS) is 1. The summed E-state index contributed by atoms with van der Waals surface area (Å²) in [5, 5.41) is 9.56. The van der Waals surface area contributed by atoms with Crippen LogP contribution >= 0.6 is 0 Å². The van der Waals surface area contributed by atoms with Crippen molar-refractivity contribution in [2.75, 3.05) is 0 Å². The van der Waals surface area contributed by atoms with Crippen LogP contribution in [0, 0.1) is 5.92 Å². The molecule has 1 atom stereocenters. The first-order valence-corrected chi connectivity index (χ1v) is 8.08. The number of carbonyl (C=O) groups is 2. The molecule has 0 aliphatic carbocycles. The lowest BCUT2D eigenvalue weighted by molar-refractivity contribution is -0.144. The Labute approximate surface area is 147 Å². The number of benzene rings is 1. The highest BCUT2D eigenvalue weighted by Gasteiger charge is 2.33. The van der Waals surface area contributed by atoms with Crippen LogP contribution in [0.15, 0.2) is 54.9 Å². The molecule has 1 heterocycles. The van der Waals surface area contributed by atoms with Crippen LogP contribution in [0.4, 0.5) is 4.79 Å². The summed E-state index contributed by atoms with van der Waals surface area (Å²) in [6, 6.07) is 11.8. The van der Waals surface area contributed by atoms with E-state index >= 15 is 0 Å². The zero-order valence-electron chi connectivity index (χ0n) is 14.3. The molecular weight excluding hydrogens is 320 g/mol. The van der Waals surface area contributed by atoms with Crippen LogP contribution in [0.1, 0.15) is 25.0 Å². The second-order valence-electron chi connectivity index (χ2n) is 6.06. The van der Waals surface area contributed by atoms with Crippen LogP contribution in [0.2, 0.25) is 0 Å². The fourth-order valence-electron chi connectivity index (χ4n) is 2.55. The summed E-state index contributed by atoms with van der Waals surface area (Å²) in [5.74, 6) is -1.33. The molecule has 0 bridgehead atoms. The number of carbonyl (C=O) groups excluding carboxylic acids is 1. The number of hydrogen-bond acceptors (Lipinski definition) is 4. The number of ether oxygens (including phenoxy) is 1. The highest BCUT2D eigenvalue weighted by molar-refractivity contribution is 5.80. The molecule has 0 spiro atoms. The fourth-order valence-corrected chi connectivity index (χ4v) is 2.55. The first-order valence-electron chi connectivity index (χ1n) is 8.08. The molecular formula is C19H22N2O4. The number of rotatable bonds is 7. The second-order valence-corrected chi connectivity index (χ2v) is 6.06. The number of carboxylic acids is 1. The minimum absolute atomic E-state index is 0.0909. The van der Waals surface area contributed by atoms with E-state index < -0.39 is 18.1 Å². The normalized spacial score (nSPS) is 11.8. The molecule has 2 rings (SSSR count). The van der Waals surface area contributed by atoms with Crippen LogP contribution in [-0.4, -0.2) is 33.1 Å². The third-order valence-electron chi connectivity index (χ3n) is 3.74. The zero-order valence-corrected chi connectivity index (χ0v) is 14.3. The molecule has 2 aromatic rings. The van der Waals surface area contributed by atoms with E-state index in [0.717, 1.165) is 11.1 Å². The molecule has 1 aromatic carbocycles. The Bertz CT molecular complexity index is 689. The molecule has 1 N–H and O–H groups in total. The van der Waals surface area contributed by atoms with Crippen molar-refractivity contribution in [1.29, 1.82) is 0 Å². The maximum atomic E-state index is 12.6. The van der Waals surface area contributed by atoms with Crippen molar-refractivity contribution in [2.24, 2.45) is 5.92 Å². The van der Waals surface area contributed by atoms with Gasteiger partial charge in [-0.25, -0.2) is 9.59 Å². The van der Waals surface area contributed by atoms with Gasteiger partial charge in [-0.2, -0.15) is 0 Å². The van der Waals surface area contributed by atoms with Gasteiger partial charge in [0, 0.05) is 12.4 Å². The Balaban J connectivity index is 2.17. The van der Waals surface area contributed by atoms with Crippen LogP contribution in [0.3, 0.4) is 0 Å². The molecule has 0 aliphatic rings. The topological polar surface area (TPSA) is 79.7 Å². The molecule has 1 unspecified atom stereocenters. The van der Waals surface area contributed by atoms with Crippen LogP contribution in [-0.2, 0) is 22.7 Å². The van der Waals surface area contributed by atoms with Gasteiger partial charge in [0.15, 0.2) is 0 Å².